The van der Waals surface area contributed by atoms with E-state index in [1.54, 1.807) is 26.0 Å². The molecule has 0 aliphatic carbocycles. The van der Waals surface area contributed by atoms with Crippen LogP contribution >= 0.6 is 30.9 Å². The molecule has 1 unspecified atom stereocenters. The summed E-state index contributed by atoms with van der Waals surface area (Å²) in [7, 11) is -3.19. The number of nitro benzene ring substituents is 1. The quantitative estimate of drug-likeness (QED) is 0.302. The van der Waals surface area contributed by atoms with Gasteiger partial charge in [0.1, 0.15) is 0 Å². The molecule has 0 radical (unpaired) electrons. The van der Waals surface area contributed by atoms with E-state index in [-0.39, 0.29) is 11.1 Å². The molecule has 2 N–H and O–H groups in total. The van der Waals surface area contributed by atoms with Crippen LogP contribution in [-0.4, -0.2) is 24.0 Å². The second-order valence-electron chi connectivity index (χ2n) is 4.17. The molecule has 7 nitrogen and oxygen atoms in total. The Kier molecular flexibility index (Phi) is 11.4. The number of benzene rings is 1. The molecule has 0 aliphatic rings. The van der Waals surface area contributed by atoms with Crippen molar-refractivity contribution in [2.75, 3.05) is 19.1 Å². The number of halogens is 2. The molecule has 0 bridgehead atoms. The zero-order valence-corrected chi connectivity index (χ0v) is 15.4. The molecule has 1 aromatic carbocycles. The van der Waals surface area contributed by atoms with Gasteiger partial charge in [0, 0.05) is 18.0 Å². The Morgan fingerprint density at radius 3 is 2.09 bits per heavy atom. The fourth-order valence-corrected chi connectivity index (χ4v) is 2.84. The number of non-ortho nitro benzene ring substituents is 1. The number of nitrogens with zero attached hydrogens (tertiary/aromatic N) is 1. The fourth-order valence-electron chi connectivity index (χ4n) is 1.46. The van der Waals surface area contributed by atoms with Crippen molar-refractivity contribution in [3.63, 3.8) is 0 Å². The molecule has 0 spiro atoms. The number of nitro groups is 1. The molecule has 0 amide bonds. The summed E-state index contributed by atoms with van der Waals surface area (Å²) in [5.74, 6) is 0.477. The summed E-state index contributed by atoms with van der Waals surface area (Å²) < 4.78 is 19.9. The van der Waals surface area contributed by atoms with Crippen molar-refractivity contribution in [1.29, 1.82) is 0 Å². The molecular weight excluding hydrogens is 366 g/mol. The number of nitrogens with two attached hydrogens (primary N) is 1. The Bertz CT molecular complexity index is 506. The first-order valence-corrected chi connectivity index (χ1v) is 9.47. The first-order valence-electron chi connectivity index (χ1n) is 6.89. The summed E-state index contributed by atoms with van der Waals surface area (Å²) in [6, 6.07) is 6.20. The van der Waals surface area contributed by atoms with Gasteiger partial charge in [-0.3, -0.25) is 19.2 Å². The Morgan fingerprint density at radius 2 is 1.74 bits per heavy atom. The van der Waals surface area contributed by atoms with E-state index in [1.165, 1.54) is 12.1 Å². The predicted molar refractivity (Wildman–Crippen MR) is 92.1 cm³/mol. The third-order valence-corrected chi connectivity index (χ3v) is 4.37. The molecule has 10 heteroatoms. The molecule has 0 aromatic heterocycles. The van der Waals surface area contributed by atoms with Crippen LogP contribution in [0.2, 0.25) is 0 Å². The lowest BCUT2D eigenvalue weighted by Gasteiger charge is -2.09. The average molecular weight is 387 g/mol. The summed E-state index contributed by atoms with van der Waals surface area (Å²) in [4.78, 5) is 9.92. The third kappa shape index (κ3) is 9.91. The second-order valence-corrected chi connectivity index (χ2v) is 6.67. The van der Waals surface area contributed by atoms with E-state index in [1.807, 2.05) is 0 Å². The zero-order valence-electron chi connectivity index (χ0n) is 13.0. The molecule has 132 valence electrons. The fraction of sp³-hybridized carbons (Fsp3) is 0.538. The summed E-state index contributed by atoms with van der Waals surface area (Å²) in [6.07, 6.45) is 0.654. The maximum atomic E-state index is 10.7. The second kappa shape index (κ2) is 11.8. The van der Waals surface area contributed by atoms with Crippen molar-refractivity contribution < 1.29 is 18.5 Å². The maximum Gasteiger partial charge on any atom is 0.402 e. The van der Waals surface area contributed by atoms with Crippen molar-refractivity contribution in [2.24, 2.45) is 5.50 Å². The zero-order chi connectivity index (χ0) is 17.9. The van der Waals surface area contributed by atoms with Crippen LogP contribution in [-0.2, 0) is 13.6 Å². The Hall–Kier alpha value is -0.690. The van der Waals surface area contributed by atoms with Gasteiger partial charge in [-0.15, -0.1) is 23.2 Å². The molecule has 23 heavy (non-hydrogen) atoms. The van der Waals surface area contributed by atoms with E-state index in [4.69, 9.17) is 28.7 Å². The van der Waals surface area contributed by atoms with Crippen molar-refractivity contribution in [1.82, 2.24) is 0 Å². The van der Waals surface area contributed by atoms with Crippen LogP contribution in [0, 0.1) is 10.1 Å². The van der Waals surface area contributed by atoms with Crippen LogP contribution in [0.4, 0.5) is 5.69 Å². The molecule has 0 saturated heterocycles. The minimum atomic E-state index is -3.19. The molecule has 0 aliphatic heterocycles. The summed E-state index contributed by atoms with van der Waals surface area (Å²) in [5, 5.41) is 10.2. The molecule has 0 saturated carbocycles. The SMILES string of the molecule is CCOP(N)(=O)OCC.O=[N+]([O-])c1ccc(C(Cl)CCCl)cc1. The predicted octanol–water partition coefficient (Wildman–Crippen LogP) is 4.63. The number of rotatable bonds is 8. The van der Waals surface area contributed by atoms with Gasteiger partial charge < -0.3 is 0 Å². The van der Waals surface area contributed by atoms with Crippen LogP contribution < -0.4 is 5.50 Å². The molecule has 1 aromatic rings. The molecule has 1 atom stereocenters. The highest BCUT2D eigenvalue weighted by molar-refractivity contribution is 7.51. The normalized spacial score (nSPS) is 12.2. The molecule has 0 heterocycles. The maximum absolute atomic E-state index is 10.7. The monoisotopic (exact) mass is 386 g/mol. The van der Waals surface area contributed by atoms with Crippen LogP contribution in [0.25, 0.3) is 0 Å². The summed E-state index contributed by atoms with van der Waals surface area (Å²) in [6.45, 7) is 4.04. The number of hydrogen-bond acceptors (Lipinski definition) is 5. The Morgan fingerprint density at radius 1 is 1.26 bits per heavy atom. The molecule has 1 rings (SSSR count). The smallest absolute Gasteiger partial charge is 0.297 e. The van der Waals surface area contributed by atoms with Gasteiger partial charge in [-0.25, -0.2) is 10.1 Å². The highest BCUT2D eigenvalue weighted by atomic mass is 35.5. The highest BCUT2D eigenvalue weighted by Gasteiger charge is 2.14. The van der Waals surface area contributed by atoms with Crippen molar-refractivity contribution in [2.45, 2.75) is 25.6 Å². The van der Waals surface area contributed by atoms with Crippen molar-refractivity contribution in [3.05, 3.63) is 39.9 Å². The van der Waals surface area contributed by atoms with Gasteiger partial charge in [0.2, 0.25) is 0 Å². The lowest BCUT2D eigenvalue weighted by atomic mass is 10.1. The third-order valence-electron chi connectivity index (χ3n) is 2.45. The lowest BCUT2D eigenvalue weighted by Crippen LogP contribution is -2.03. The number of alkyl halides is 2. The van der Waals surface area contributed by atoms with Crippen molar-refractivity contribution in [3.8, 4) is 0 Å². The minimum Gasteiger partial charge on any atom is -0.297 e. The first kappa shape index (κ1) is 22.3. The Labute approximate surface area is 145 Å². The van der Waals surface area contributed by atoms with Gasteiger partial charge in [0.05, 0.1) is 23.5 Å². The highest BCUT2D eigenvalue weighted by Crippen LogP contribution is 2.38. The van der Waals surface area contributed by atoms with E-state index < -0.39 is 12.7 Å². The topological polar surface area (TPSA) is 105 Å². The summed E-state index contributed by atoms with van der Waals surface area (Å²) >= 11 is 11.5. The van der Waals surface area contributed by atoms with Gasteiger partial charge in [-0.1, -0.05) is 12.1 Å². The van der Waals surface area contributed by atoms with Gasteiger partial charge >= 0.3 is 7.75 Å². The van der Waals surface area contributed by atoms with Crippen LogP contribution in [0.3, 0.4) is 0 Å². The Balaban J connectivity index is 0.000000468. The van der Waals surface area contributed by atoms with Gasteiger partial charge in [0.15, 0.2) is 0 Å². The largest absolute Gasteiger partial charge is 0.402 e. The van der Waals surface area contributed by atoms with Gasteiger partial charge in [0.25, 0.3) is 5.69 Å². The average Bonchev–Trinajstić information content (AvgIpc) is 2.48. The standard InChI is InChI=1S/C9H9Cl2NO2.C4H12NO3P/c10-6-5-9(11)7-1-3-8(4-2-7)12(13)14;1-3-7-9(5,6)8-4-2/h1-4,9H,5-6H2;3-4H2,1-2H3,(H2,5,6). The van der Waals surface area contributed by atoms with E-state index >= 15 is 0 Å². The van der Waals surface area contributed by atoms with Gasteiger partial charge in [-0.2, -0.15) is 0 Å². The van der Waals surface area contributed by atoms with E-state index in [2.05, 4.69) is 9.05 Å². The minimum absolute atomic E-state index is 0.0727. The van der Waals surface area contributed by atoms with Crippen molar-refractivity contribution >= 4 is 36.6 Å². The number of hydrogen-bond donors (Lipinski definition) is 1. The van der Waals surface area contributed by atoms with E-state index in [0.717, 1.165) is 5.56 Å². The van der Waals surface area contributed by atoms with E-state index in [9.17, 15) is 14.7 Å². The summed E-state index contributed by atoms with van der Waals surface area (Å²) in [5.41, 5.74) is 5.98. The van der Waals surface area contributed by atoms with Crippen LogP contribution in [0.1, 0.15) is 31.2 Å². The lowest BCUT2D eigenvalue weighted by molar-refractivity contribution is -0.384. The van der Waals surface area contributed by atoms with Crippen LogP contribution in [0.5, 0.6) is 0 Å². The van der Waals surface area contributed by atoms with E-state index in [0.29, 0.717) is 25.5 Å². The van der Waals surface area contributed by atoms with Gasteiger partial charge in [-0.05, 0) is 25.8 Å². The molecular formula is C13H21Cl2N2O5P. The molecule has 0 fully saturated rings. The first-order chi connectivity index (χ1) is 10.8. The van der Waals surface area contributed by atoms with Crippen LogP contribution in [0.15, 0.2) is 24.3 Å².